The van der Waals surface area contributed by atoms with Crippen molar-refractivity contribution in [1.82, 2.24) is 4.90 Å². The van der Waals surface area contributed by atoms with E-state index in [0.29, 0.717) is 11.1 Å². The van der Waals surface area contributed by atoms with Gasteiger partial charge in [-0.15, -0.1) is 0 Å². The van der Waals surface area contributed by atoms with Gasteiger partial charge in [0.2, 0.25) is 5.78 Å². The number of hydrogen-bond donors (Lipinski definition) is 5. The van der Waals surface area contributed by atoms with Crippen molar-refractivity contribution in [3.8, 4) is 17.6 Å². The van der Waals surface area contributed by atoms with E-state index in [1.807, 2.05) is 31.2 Å². The van der Waals surface area contributed by atoms with Crippen LogP contribution in [-0.2, 0) is 27.2 Å². The maximum Gasteiger partial charge on any atom is 0.255 e. The molecule has 2 aromatic rings. The van der Waals surface area contributed by atoms with Crippen LogP contribution in [0.1, 0.15) is 41.2 Å². The second kappa shape index (κ2) is 9.66. The zero-order valence-electron chi connectivity index (χ0n) is 22.4. The number of carbonyl (C=O) groups excluding carboxylic acids is 3. The number of benzene rings is 2. The second-order valence-electron chi connectivity index (χ2n) is 10.8. The van der Waals surface area contributed by atoms with Gasteiger partial charge in [0, 0.05) is 22.6 Å². The van der Waals surface area contributed by atoms with Crippen LogP contribution >= 0.6 is 0 Å². The number of phenols is 1. The molecule has 0 radical (unpaired) electrons. The lowest BCUT2D eigenvalue weighted by Gasteiger charge is -2.50. The summed E-state index contributed by atoms with van der Waals surface area (Å²) in [4.78, 5) is 40.7. The highest BCUT2D eigenvalue weighted by molar-refractivity contribution is 6.24. The number of amides is 1. The number of ketones is 2. The van der Waals surface area contributed by atoms with Gasteiger partial charge < -0.3 is 26.2 Å². The molecule has 3 aliphatic carbocycles. The maximum atomic E-state index is 13.9. The summed E-state index contributed by atoms with van der Waals surface area (Å²) < 4.78 is 0. The molecule has 0 bridgehead atoms. The zero-order chi connectivity index (χ0) is 29.1. The first kappa shape index (κ1) is 27.2. The Balaban J connectivity index is 1.67. The van der Waals surface area contributed by atoms with Crippen molar-refractivity contribution in [3.63, 3.8) is 0 Å². The van der Waals surface area contributed by atoms with Crippen molar-refractivity contribution < 1.29 is 34.8 Å². The molecule has 0 heterocycles. The first-order valence-electron chi connectivity index (χ1n) is 13.0. The first-order chi connectivity index (χ1) is 18.9. The van der Waals surface area contributed by atoms with Crippen molar-refractivity contribution in [3.05, 3.63) is 81.1 Å². The van der Waals surface area contributed by atoms with Crippen LogP contribution in [0.3, 0.4) is 0 Å². The number of nitrogens with two attached hydrogens (primary N) is 1. The largest absolute Gasteiger partial charge is 0.508 e. The number of phenolic OH excluding ortho intramolecular Hbond substituents is 1. The highest BCUT2D eigenvalue weighted by atomic mass is 16.3. The summed E-state index contributed by atoms with van der Waals surface area (Å²) in [6.07, 6.45) is 1.06. The molecule has 0 aromatic heterocycles. The minimum absolute atomic E-state index is 0.0189. The molecule has 0 saturated heterocycles. The first-order valence-corrected chi connectivity index (χ1v) is 13.0. The third-order valence-corrected chi connectivity index (χ3v) is 8.28. The molecular formula is C31H30N2O7. The van der Waals surface area contributed by atoms with Gasteiger partial charge in [-0.3, -0.25) is 19.3 Å². The molecule has 6 N–H and O–H groups in total. The SMILES string of the molecule is CCc1cccc(C#Cc2ccc(O)c3c2C[C@@H]2C[C@@H]4[C@@H](N(C)C)C(=O)C(C(N)=O)=C(O)[C@]4(O)C(=O)C2=C3O)c1. The highest BCUT2D eigenvalue weighted by Crippen LogP contribution is 2.52. The van der Waals surface area contributed by atoms with Crippen molar-refractivity contribution in [2.24, 2.45) is 17.6 Å². The number of aromatic hydroxyl groups is 1. The summed E-state index contributed by atoms with van der Waals surface area (Å²) in [5, 5.41) is 44.7. The normalized spacial score (nSPS) is 25.7. The Kier molecular flexibility index (Phi) is 6.57. The Morgan fingerprint density at radius 2 is 1.85 bits per heavy atom. The molecule has 40 heavy (non-hydrogen) atoms. The highest BCUT2D eigenvalue weighted by Gasteiger charge is 2.64. The lowest BCUT2D eigenvalue weighted by atomic mass is 9.57. The fourth-order valence-electron chi connectivity index (χ4n) is 6.37. The molecular weight excluding hydrogens is 512 g/mol. The minimum Gasteiger partial charge on any atom is -0.508 e. The molecule has 3 aliphatic rings. The predicted octanol–water partition coefficient (Wildman–Crippen LogP) is 1.93. The predicted molar refractivity (Wildman–Crippen MR) is 146 cm³/mol. The number of aliphatic hydroxyl groups excluding tert-OH is 2. The standard InChI is InChI=1S/C31H30N2O7/c1-4-15-6-5-7-16(12-15)8-9-17-10-11-21(34)23-19(17)13-18-14-20-25(33(2)3)27(36)24(30(32)39)29(38)31(20,40)28(37)22(18)26(23)35/h5-7,10-12,18,20,25,34-35,38,40H,4,13-14H2,1-3H3,(H2,32,39)/t18-,20-,25-,31-/m1/s1. The average Bonchev–Trinajstić information content (AvgIpc) is 2.90. The van der Waals surface area contributed by atoms with Crippen LogP contribution < -0.4 is 5.73 Å². The second-order valence-corrected chi connectivity index (χ2v) is 10.8. The quantitative estimate of drug-likeness (QED) is 0.290. The lowest BCUT2D eigenvalue weighted by Crippen LogP contribution is -2.65. The van der Waals surface area contributed by atoms with E-state index in [4.69, 9.17) is 5.73 Å². The summed E-state index contributed by atoms with van der Waals surface area (Å²) in [5.74, 6) is -0.552. The van der Waals surface area contributed by atoms with E-state index < -0.39 is 58.0 Å². The van der Waals surface area contributed by atoms with E-state index in [1.165, 1.54) is 11.0 Å². The van der Waals surface area contributed by atoms with Crippen LogP contribution in [0.4, 0.5) is 0 Å². The number of likely N-dealkylation sites (N-methyl/N-ethyl adjacent to an activating group) is 1. The van der Waals surface area contributed by atoms with E-state index >= 15 is 0 Å². The average molecular weight is 543 g/mol. The summed E-state index contributed by atoms with van der Waals surface area (Å²) in [5.41, 5.74) is 4.70. The number of Topliss-reactive ketones (excluding diaryl/α,β-unsaturated/α-hetero) is 2. The van der Waals surface area contributed by atoms with Gasteiger partial charge in [-0.1, -0.05) is 30.9 Å². The van der Waals surface area contributed by atoms with Crippen molar-refractivity contribution in [1.29, 1.82) is 0 Å². The van der Waals surface area contributed by atoms with Crippen LogP contribution in [0.5, 0.6) is 5.75 Å². The number of aliphatic hydroxyl groups is 3. The van der Waals surface area contributed by atoms with Gasteiger partial charge in [-0.25, -0.2) is 0 Å². The fourth-order valence-corrected chi connectivity index (χ4v) is 6.37. The molecule has 4 atom stereocenters. The Morgan fingerprint density at radius 3 is 2.50 bits per heavy atom. The van der Waals surface area contributed by atoms with Gasteiger partial charge in [-0.05, 0) is 74.7 Å². The summed E-state index contributed by atoms with van der Waals surface area (Å²) in [6, 6.07) is 9.68. The van der Waals surface area contributed by atoms with Crippen LogP contribution in [0.2, 0.25) is 0 Å². The Labute approximate surface area is 231 Å². The van der Waals surface area contributed by atoms with Crippen molar-refractivity contribution in [2.45, 2.75) is 37.8 Å². The number of carbonyl (C=O) groups is 3. The molecule has 1 saturated carbocycles. The summed E-state index contributed by atoms with van der Waals surface area (Å²) in [6.45, 7) is 2.05. The van der Waals surface area contributed by atoms with E-state index in [2.05, 4.69) is 11.8 Å². The van der Waals surface area contributed by atoms with E-state index in [-0.39, 0.29) is 29.7 Å². The van der Waals surface area contributed by atoms with Gasteiger partial charge in [0.15, 0.2) is 11.4 Å². The summed E-state index contributed by atoms with van der Waals surface area (Å²) >= 11 is 0. The molecule has 9 heteroatoms. The third-order valence-electron chi connectivity index (χ3n) is 8.28. The third kappa shape index (κ3) is 3.91. The number of aryl methyl sites for hydroxylation is 1. The van der Waals surface area contributed by atoms with E-state index in [0.717, 1.165) is 17.5 Å². The monoisotopic (exact) mass is 542 g/mol. The smallest absolute Gasteiger partial charge is 0.255 e. The van der Waals surface area contributed by atoms with Gasteiger partial charge in [0.1, 0.15) is 22.8 Å². The van der Waals surface area contributed by atoms with Crippen LogP contribution in [-0.4, -0.2) is 68.5 Å². The molecule has 0 spiro atoms. The van der Waals surface area contributed by atoms with Crippen LogP contribution in [0.15, 0.2) is 53.3 Å². The van der Waals surface area contributed by atoms with Gasteiger partial charge in [0.25, 0.3) is 5.91 Å². The maximum absolute atomic E-state index is 13.9. The molecule has 0 aliphatic heterocycles. The fraction of sp³-hybridized carbons (Fsp3) is 0.323. The van der Waals surface area contributed by atoms with E-state index in [1.54, 1.807) is 20.2 Å². The van der Waals surface area contributed by atoms with Gasteiger partial charge >= 0.3 is 0 Å². The number of nitrogens with zero attached hydrogens (tertiary/aromatic N) is 1. The molecule has 0 unspecified atom stereocenters. The molecule has 5 rings (SSSR count). The van der Waals surface area contributed by atoms with Crippen molar-refractivity contribution >= 4 is 23.2 Å². The van der Waals surface area contributed by atoms with Gasteiger partial charge in [-0.2, -0.15) is 0 Å². The summed E-state index contributed by atoms with van der Waals surface area (Å²) in [7, 11) is 3.12. The van der Waals surface area contributed by atoms with Crippen molar-refractivity contribution in [2.75, 3.05) is 14.1 Å². The van der Waals surface area contributed by atoms with Crippen LogP contribution in [0, 0.1) is 23.7 Å². The minimum atomic E-state index is -2.66. The zero-order valence-corrected chi connectivity index (χ0v) is 22.4. The number of rotatable bonds is 3. The Bertz CT molecular complexity index is 1610. The number of fused-ring (bicyclic) bond motifs is 3. The van der Waals surface area contributed by atoms with Crippen LogP contribution in [0.25, 0.3) is 5.76 Å². The Hall–Kier alpha value is -4.39. The molecule has 2 aromatic carbocycles. The molecule has 1 fully saturated rings. The van der Waals surface area contributed by atoms with E-state index in [9.17, 15) is 34.8 Å². The topological polar surface area (TPSA) is 161 Å². The lowest BCUT2D eigenvalue weighted by molar-refractivity contribution is -0.153. The number of hydrogen-bond acceptors (Lipinski definition) is 8. The van der Waals surface area contributed by atoms with Gasteiger partial charge in [0.05, 0.1) is 11.6 Å². The molecule has 206 valence electrons. The Morgan fingerprint density at radius 1 is 1.12 bits per heavy atom. The number of primary amides is 1. The molecule has 1 amide bonds. The molecule has 9 nitrogen and oxygen atoms in total.